The van der Waals surface area contributed by atoms with Gasteiger partial charge in [-0.15, -0.1) is 26.3 Å². The molecule has 0 unspecified atom stereocenters. The Hall–Kier alpha value is -0.740. The molecule has 0 aliphatic rings. The smallest absolute Gasteiger partial charge is 0.241 e. The van der Waals surface area contributed by atoms with Gasteiger partial charge in [0, 0.05) is 0 Å². The Morgan fingerprint density at radius 1 is 0.667 bits per heavy atom. The molecular formula is C4H2F10O. The molecule has 94 valence electrons. The zero-order valence-electron chi connectivity index (χ0n) is 6.39. The van der Waals surface area contributed by atoms with Crippen molar-refractivity contribution in [3.05, 3.63) is 0 Å². The molecule has 11 heteroatoms. The molecule has 0 spiro atoms. The molecule has 0 amide bonds. The van der Waals surface area contributed by atoms with Crippen LogP contribution in [0.2, 0.25) is 0 Å². The van der Waals surface area contributed by atoms with Crippen LogP contribution in [0.4, 0.5) is 43.9 Å². The first-order valence-electron chi connectivity index (χ1n) is 2.73. The summed E-state index contributed by atoms with van der Waals surface area (Å²) in [7, 11) is 0. The van der Waals surface area contributed by atoms with Gasteiger partial charge in [0.25, 0.3) is 0 Å². The SMILES string of the molecule is FC(F)(F)OC(F)(F)F.FCC(F)(F)F. The topological polar surface area (TPSA) is 9.23 Å². The van der Waals surface area contributed by atoms with Gasteiger partial charge in [0.15, 0.2) is 6.67 Å². The standard InChI is InChI=1S/C2F6O.C2H2F4/c3-1(4,5)9-2(6,7)8;3-1-2(4,5)6/h;1H2. The Kier molecular flexibility index (Phi) is 5.98. The highest BCUT2D eigenvalue weighted by Crippen LogP contribution is 2.28. The van der Waals surface area contributed by atoms with Crippen LogP contribution in [0.25, 0.3) is 0 Å². The molecule has 0 bridgehead atoms. The van der Waals surface area contributed by atoms with E-state index in [0.29, 0.717) is 0 Å². The highest BCUT2D eigenvalue weighted by Gasteiger charge is 2.45. The molecule has 0 N–H and O–H groups in total. The first-order valence-corrected chi connectivity index (χ1v) is 2.73. The first kappa shape index (κ1) is 16.7. The van der Waals surface area contributed by atoms with Gasteiger partial charge in [-0.3, -0.25) is 0 Å². The highest BCUT2D eigenvalue weighted by molar-refractivity contribution is 4.39. The zero-order valence-corrected chi connectivity index (χ0v) is 6.39. The molecule has 0 rings (SSSR count). The van der Waals surface area contributed by atoms with Crippen molar-refractivity contribution in [3.8, 4) is 0 Å². The van der Waals surface area contributed by atoms with Gasteiger partial charge < -0.3 is 0 Å². The van der Waals surface area contributed by atoms with E-state index < -0.39 is 25.6 Å². The second-order valence-electron chi connectivity index (χ2n) is 1.74. The maximum atomic E-state index is 10.6. The summed E-state index contributed by atoms with van der Waals surface area (Å²) >= 11 is 0. The maximum absolute atomic E-state index is 10.6. The fraction of sp³-hybridized carbons (Fsp3) is 1.00. The molecule has 0 saturated heterocycles. The van der Waals surface area contributed by atoms with Crippen LogP contribution in [0.3, 0.4) is 0 Å². The predicted octanol–water partition coefficient (Wildman–Crippen LogP) is 3.56. The summed E-state index contributed by atoms with van der Waals surface area (Å²) in [4.78, 5) is 0. The summed E-state index contributed by atoms with van der Waals surface area (Å²) < 4.78 is 107. The van der Waals surface area contributed by atoms with Gasteiger partial charge in [-0.05, 0) is 0 Å². The Bertz CT molecular complexity index is 150. The average Bonchev–Trinajstić information content (AvgIpc) is 1.78. The first-order chi connectivity index (χ1) is 6.27. The molecule has 0 aromatic heterocycles. The second-order valence-corrected chi connectivity index (χ2v) is 1.74. The number of halogens is 10. The third-order valence-corrected chi connectivity index (χ3v) is 0.383. The van der Waals surface area contributed by atoms with Crippen molar-refractivity contribution in [2.75, 3.05) is 6.67 Å². The molecule has 1 nitrogen and oxygen atoms in total. The summed E-state index contributed by atoms with van der Waals surface area (Å²) in [5.41, 5.74) is 0. The summed E-state index contributed by atoms with van der Waals surface area (Å²) in [6.07, 6.45) is -15.9. The summed E-state index contributed by atoms with van der Waals surface area (Å²) in [6.45, 7) is -2.23. The number of hydrogen-bond acceptors (Lipinski definition) is 1. The largest absolute Gasteiger partial charge is 0.529 e. The maximum Gasteiger partial charge on any atom is 0.529 e. The number of alkyl halides is 10. The molecule has 0 aromatic rings. The van der Waals surface area contributed by atoms with Gasteiger partial charge in [0.2, 0.25) is 0 Å². The van der Waals surface area contributed by atoms with E-state index in [0.717, 1.165) is 0 Å². The molecule has 0 heterocycles. The lowest BCUT2D eigenvalue weighted by Gasteiger charge is -2.08. The molecule has 0 radical (unpaired) electrons. The Morgan fingerprint density at radius 3 is 0.867 bits per heavy atom. The number of ether oxygens (including phenoxy) is 1. The van der Waals surface area contributed by atoms with Gasteiger partial charge in [-0.25, -0.2) is 4.39 Å². The molecule has 0 aliphatic carbocycles. The van der Waals surface area contributed by atoms with E-state index in [9.17, 15) is 43.9 Å². The van der Waals surface area contributed by atoms with Crippen LogP contribution in [0.1, 0.15) is 0 Å². The Labute approximate surface area is 75.6 Å². The van der Waals surface area contributed by atoms with Crippen LogP contribution < -0.4 is 0 Å². The zero-order chi connectivity index (χ0) is 12.9. The number of hydrogen-bond donors (Lipinski definition) is 0. The summed E-state index contributed by atoms with van der Waals surface area (Å²) in [5, 5.41) is 0. The predicted molar refractivity (Wildman–Crippen MR) is 25.2 cm³/mol. The summed E-state index contributed by atoms with van der Waals surface area (Å²) in [5.74, 6) is 0. The molecule has 0 aliphatic heterocycles. The van der Waals surface area contributed by atoms with E-state index in [-0.39, 0.29) is 0 Å². The lowest BCUT2D eigenvalue weighted by Crippen LogP contribution is -2.25. The van der Waals surface area contributed by atoms with Gasteiger partial charge in [0.1, 0.15) is 0 Å². The van der Waals surface area contributed by atoms with Crippen LogP contribution >= 0.6 is 0 Å². The van der Waals surface area contributed by atoms with E-state index in [4.69, 9.17) is 0 Å². The molecule has 0 aromatic carbocycles. The third kappa shape index (κ3) is 24.6. The van der Waals surface area contributed by atoms with Crippen LogP contribution in [0, 0.1) is 0 Å². The van der Waals surface area contributed by atoms with Crippen molar-refractivity contribution >= 4 is 0 Å². The molecule has 0 atom stereocenters. The number of rotatable bonds is 0. The second kappa shape index (κ2) is 5.37. The van der Waals surface area contributed by atoms with Crippen molar-refractivity contribution in [1.29, 1.82) is 0 Å². The summed E-state index contributed by atoms with van der Waals surface area (Å²) in [6, 6.07) is 0. The van der Waals surface area contributed by atoms with Crippen molar-refractivity contribution in [3.63, 3.8) is 0 Å². The van der Waals surface area contributed by atoms with Gasteiger partial charge >= 0.3 is 18.9 Å². The normalized spacial score (nSPS) is 13.2. The van der Waals surface area contributed by atoms with Crippen LogP contribution in [0.15, 0.2) is 0 Å². The van der Waals surface area contributed by atoms with E-state index in [1.807, 2.05) is 0 Å². The van der Waals surface area contributed by atoms with Gasteiger partial charge in [-0.2, -0.15) is 17.9 Å². The lowest BCUT2D eigenvalue weighted by atomic mass is 10.8. The van der Waals surface area contributed by atoms with Crippen LogP contribution in [0.5, 0.6) is 0 Å². The third-order valence-electron chi connectivity index (χ3n) is 0.383. The highest BCUT2D eigenvalue weighted by atomic mass is 19.4. The quantitative estimate of drug-likeness (QED) is 0.602. The van der Waals surface area contributed by atoms with E-state index in [1.54, 1.807) is 4.74 Å². The van der Waals surface area contributed by atoms with Crippen molar-refractivity contribution < 1.29 is 48.6 Å². The molecule has 15 heavy (non-hydrogen) atoms. The van der Waals surface area contributed by atoms with E-state index in [1.165, 1.54) is 0 Å². The minimum absolute atomic E-state index is 1.62. The van der Waals surface area contributed by atoms with Crippen LogP contribution in [-0.4, -0.2) is 25.6 Å². The minimum Gasteiger partial charge on any atom is -0.241 e. The Morgan fingerprint density at radius 2 is 0.867 bits per heavy atom. The fourth-order valence-electron chi connectivity index (χ4n) is 0.131. The fourth-order valence-corrected chi connectivity index (χ4v) is 0.131. The molecular weight excluding hydrogens is 254 g/mol. The van der Waals surface area contributed by atoms with Crippen molar-refractivity contribution in [1.82, 2.24) is 0 Å². The lowest BCUT2D eigenvalue weighted by molar-refractivity contribution is -0.463. The van der Waals surface area contributed by atoms with Crippen molar-refractivity contribution in [2.45, 2.75) is 18.9 Å². The minimum atomic E-state index is -5.64. The van der Waals surface area contributed by atoms with Gasteiger partial charge in [-0.1, -0.05) is 0 Å². The van der Waals surface area contributed by atoms with Gasteiger partial charge in [0.05, 0.1) is 0 Å². The monoisotopic (exact) mass is 256 g/mol. The molecule has 0 saturated carbocycles. The average molecular weight is 256 g/mol. The van der Waals surface area contributed by atoms with Crippen LogP contribution in [-0.2, 0) is 4.74 Å². The Balaban J connectivity index is 0. The van der Waals surface area contributed by atoms with E-state index in [2.05, 4.69) is 0 Å². The van der Waals surface area contributed by atoms with E-state index >= 15 is 0 Å². The molecule has 0 fully saturated rings. The van der Waals surface area contributed by atoms with Crippen molar-refractivity contribution in [2.24, 2.45) is 0 Å².